The lowest BCUT2D eigenvalue weighted by atomic mass is 10.2. The molecular formula is C21H22F2N4O2. The van der Waals surface area contributed by atoms with Crippen molar-refractivity contribution in [2.24, 2.45) is 0 Å². The van der Waals surface area contributed by atoms with Crippen molar-refractivity contribution in [1.29, 1.82) is 0 Å². The first-order valence-corrected chi connectivity index (χ1v) is 9.62. The summed E-state index contributed by atoms with van der Waals surface area (Å²) in [5.41, 5.74) is 1.03. The molecule has 8 heteroatoms. The third kappa shape index (κ3) is 4.16. The fourth-order valence-electron chi connectivity index (χ4n) is 3.82. The summed E-state index contributed by atoms with van der Waals surface area (Å²) in [7, 11) is 0. The normalized spacial score (nSPS) is 19.6. The molecule has 152 valence electrons. The van der Waals surface area contributed by atoms with Gasteiger partial charge in [-0.25, -0.2) is 13.6 Å². The van der Waals surface area contributed by atoms with Gasteiger partial charge in [-0.05, 0) is 30.3 Å². The van der Waals surface area contributed by atoms with Crippen LogP contribution in [0.5, 0.6) is 0 Å². The van der Waals surface area contributed by atoms with Crippen LogP contribution in [0.2, 0.25) is 0 Å². The summed E-state index contributed by atoms with van der Waals surface area (Å²) < 4.78 is 27.4. The molecule has 2 aliphatic rings. The molecule has 0 bridgehead atoms. The molecule has 0 aliphatic carbocycles. The Labute approximate surface area is 167 Å². The van der Waals surface area contributed by atoms with Gasteiger partial charge in [0.05, 0.1) is 11.7 Å². The van der Waals surface area contributed by atoms with E-state index in [1.165, 1.54) is 23.1 Å². The lowest BCUT2D eigenvalue weighted by Gasteiger charge is -2.36. The summed E-state index contributed by atoms with van der Waals surface area (Å²) in [6, 6.07) is 11.9. The number of urea groups is 1. The largest absolute Gasteiger partial charge is 0.366 e. The van der Waals surface area contributed by atoms with Gasteiger partial charge in [0, 0.05) is 44.8 Å². The van der Waals surface area contributed by atoms with Gasteiger partial charge >= 0.3 is 6.03 Å². The lowest BCUT2D eigenvalue weighted by Crippen LogP contribution is -2.54. The highest BCUT2D eigenvalue weighted by atomic mass is 19.1. The topological polar surface area (TPSA) is 55.9 Å². The Morgan fingerprint density at radius 1 is 1.00 bits per heavy atom. The smallest absolute Gasteiger partial charge is 0.317 e. The zero-order valence-corrected chi connectivity index (χ0v) is 15.9. The van der Waals surface area contributed by atoms with Gasteiger partial charge in [-0.1, -0.05) is 18.2 Å². The molecule has 3 amide bonds. The van der Waals surface area contributed by atoms with E-state index in [2.05, 4.69) is 5.32 Å². The minimum absolute atomic E-state index is 0.148. The predicted octanol–water partition coefficient (Wildman–Crippen LogP) is 2.60. The SMILES string of the molecule is O=C(NC1CC(=O)N(c2cccc(F)c2)C1)N1CCN(c2ccccc2F)CC1. The number of para-hydroxylation sites is 1. The molecule has 1 atom stereocenters. The molecule has 2 fully saturated rings. The van der Waals surface area contributed by atoms with Gasteiger partial charge in [0.1, 0.15) is 11.6 Å². The molecule has 0 saturated carbocycles. The first-order chi connectivity index (χ1) is 14.0. The second kappa shape index (κ2) is 8.06. The minimum Gasteiger partial charge on any atom is -0.366 e. The molecule has 4 rings (SSSR count). The molecule has 1 N–H and O–H groups in total. The van der Waals surface area contributed by atoms with Crippen LogP contribution in [0.4, 0.5) is 25.0 Å². The van der Waals surface area contributed by atoms with Crippen LogP contribution in [0, 0.1) is 11.6 Å². The highest BCUT2D eigenvalue weighted by molar-refractivity contribution is 5.96. The van der Waals surface area contributed by atoms with Crippen LogP contribution < -0.4 is 15.1 Å². The third-order valence-electron chi connectivity index (χ3n) is 5.33. The molecule has 2 aliphatic heterocycles. The van der Waals surface area contributed by atoms with Crippen molar-refractivity contribution in [3.8, 4) is 0 Å². The van der Waals surface area contributed by atoms with Crippen molar-refractivity contribution >= 4 is 23.3 Å². The molecule has 0 spiro atoms. The molecule has 0 aromatic heterocycles. The van der Waals surface area contributed by atoms with E-state index in [0.29, 0.717) is 44.1 Å². The third-order valence-corrected chi connectivity index (χ3v) is 5.33. The summed E-state index contributed by atoms with van der Waals surface area (Å²) >= 11 is 0. The van der Waals surface area contributed by atoms with E-state index in [1.807, 2.05) is 4.90 Å². The molecule has 0 radical (unpaired) electrons. The number of carbonyl (C=O) groups is 2. The summed E-state index contributed by atoms with van der Waals surface area (Å²) in [6.45, 7) is 2.31. The lowest BCUT2D eigenvalue weighted by molar-refractivity contribution is -0.117. The molecule has 2 aromatic carbocycles. The van der Waals surface area contributed by atoms with Gasteiger partial charge in [-0.15, -0.1) is 0 Å². The van der Waals surface area contributed by atoms with Crippen LogP contribution >= 0.6 is 0 Å². The van der Waals surface area contributed by atoms with Gasteiger partial charge in [0.2, 0.25) is 5.91 Å². The Hall–Kier alpha value is -3.16. The van der Waals surface area contributed by atoms with Gasteiger partial charge in [-0.3, -0.25) is 4.79 Å². The monoisotopic (exact) mass is 400 g/mol. The zero-order valence-electron chi connectivity index (χ0n) is 15.9. The maximum atomic E-state index is 13.9. The maximum Gasteiger partial charge on any atom is 0.317 e. The number of carbonyl (C=O) groups excluding carboxylic acids is 2. The fourth-order valence-corrected chi connectivity index (χ4v) is 3.82. The van der Waals surface area contributed by atoms with Crippen molar-refractivity contribution in [1.82, 2.24) is 10.2 Å². The standard InChI is InChI=1S/C21H22F2N4O2/c22-15-4-3-5-17(12-15)27-14-16(13-20(27)28)24-21(29)26-10-8-25(9-11-26)19-7-2-1-6-18(19)23/h1-7,12,16H,8-11,13-14H2,(H,24,29). The predicted molar refractivity (Wildman–Crippen MR) is 106 cm³/mol. The Bertz CT molecular complexity index is 915. The van der Waals surface area contributed by atoms with Gasteiger partial charge < -0.3 is 20.0 Å². The molecule has 2 aromatic rings. The number of piperazine rings is 1. The first kappa shape index (κ1) is 19.2. The van der Waals surface area contributed by atoms with E-state index >= 15 is 0 Å². The second-order valence-corrected chi connectivity index (χ2v) is 7.26. The second-order valence-electron chi connectivity index (χ2n) is 7.26. The van der Waals surface area contributed by atoms with Crippen LogP contribution in [0.1, 0.15) is 6.42 Å². The Balaban J connectivity index is 1.31. The molecule has 29 heavy (non-hydrogen) atoms. The van der Waals surface area contributed by atoms with Gasteiger partial charge in [0.25, 0.3) is 0 Å². The molecule has 6 nitrogen and oxygen atoms in total. The summed E-state index contributed by atoms with van der Waals surface area (Å²) in [4.78, 5) is 30.0. The van der Waals surface area contributed by atoms with Crippen molar-refractivity contribution in [3.63, 3.8) is 0 Å². The van der Waals surface area contributed by atoms with E-state index in [1.54, 1.807) is 35.2 Å². The number of hydrogen-bond donors (Lipinski definition) is 1. The van der Waals surface area contributed by atoms with Crippen molar-refractivity contribution < 1.29 is 18.4 Å². The van der Waals surface area contributed by atoms with E-state index in [9.17, 15) is 18.4 Å². The van der Waals surface area contributed by atoms with E-state index in [4.69, 9.17) is 0 Å². The maximum absolute atomic E-state index is 13.9. The zero-order chi connectivity index (χ0) is 20.4. The summed E-state index contributed by atoms with van der Waals surface area (Å²) in [5, 5.41) is 2.90. The highest BCUT2D eigenvalue weighted by Crippen LogP contribution is 2.23. The molecular weight excluding hydrogens is 378 g/mol. The molecule has 2 heterocycles. The number of anilines is 2. The van der Waals surface area contributed by atoms with Crippen molar-refractivity contribution in [2.45, 2.75) is 12.5 Å². The van der Waals surface area contributed by atoms with Crippen molar-refractivity contribution in [2.75, 3.05) is 42.5 Å². The average molecular weight is 400 g/mol. The Morgan fingerprint density at radius 3 is 2.48 bits per heavy atom. The van der Waals surface area contributed by atoms with Crippen LogP contribution in [0.15, 0.2) is 48.5 Å². The number of hydrogen-bond acceptors (Lipinski definition) is 3. The number of halogens is 2. The van der Waals surface area contributed by atoms with E-state index < -0.39 is 5.82 Å². The average Bonchev–Trinajstić information content (AvgIpc) is 3.08. The number of amides is 3. The fraction of sp³-hybridized carbons (Fsp3) is 0.333. The minimum atomic E-state index is -0.407. The Morgan fingerprint density at radius 2 is 1.76 bits per heavy atom. The number of nitrogens with one attached hydrogen (secondary N) is 1. The summed E-state index contributed by atoms with van der Waals surface area (Å²) in [5.74, 6) is -0.826. The van der Waals surface area contributed by atoms with E-state index in [0.717, 1.165) is 0 Å². The van der Waals surface area contributed by atoms with E-state index in [-0.39, 0.29) is 30.2 Å². The quantitative estimate of drug-likeness (QED) is 0.862. The summed E-state index contributed by atoms with van der Waals surface area (Å²) in [6.07, 6.45) is 0.178. The van der Waals surface area contributed by atoms with Gasteiger partial charge in [0.15, 0.2) is 0 Å². The van der Waals surface area contributed by atoms with Crippen LogP contribution in [0.3, 0.4) is 0 Å². The first-order valence-electron chi connectivity index (χ1n) is 9.62. The number of benzene rings is 2. The Kier molecular flexibility index (Phi) is 5.33. The van der Waals surface area contributed by atoms with Crippen LogP contribution in [-0.2, 0) is 4.79 Å². The van der Waals surface area contributed by atoms with Crippen LogP contribution in [0.25, 0.3) is 0 Å². The molecule has 2 saturated heterocycles. The number of nitrogens with zero attached hydrogens (tertiary/aromatic N) is 3. The van der Waals surface area contributed by atoms with Gasteiger partial charge in [-0.2, -0.15) is 0 Å². The molecule has 1 unspecified atom stereocenters. The highest BCUT2D eigenvalue weighted by Gasteiger charge is 2.33. The van der Waals surface area contributed by atoms with Crippen molar-refractivity contribution in [3.05, 3.63) is 60.2 Å². The number of rotatable bonds is 3. The van der Waals surface area contributed by atoms with Crippen LogP contribution in [-0.4, -0.2) is 55.6 Å².